The maximum absolute atomic E-state index is 12.7. The monoisotopic (exact) mass is 330 g/mol. The molecular weight excluding hydrogens is 304 g/mol. The van der Waals surface area contributed by atoms with Crippen LogP contribution in [-0.4, -0.2) is 90.2 Å². The number of amides is 1. The molecule has 0 aromatic carbocycles. The van der Waals surface area contributed by atoms with Crippen molar-refractivity contribution in [2.75, 3.05) is 52.4 Å². The third-order valence-electron chi connectivity index (χ3n) is 5.53. The highest BCUT2D eigenvalue weighted by molar-refractivity contribution is 5.94. The van der Waals surface area contributed by atoms with Crippen LogP contribution in [0.25, 0.3) is 0 Å². The minimum atomic E-state index is 0.0925. The summed E-state index contributed by atoms with van der Waals surface area (Å²) < 4.78 is 5.96. The van der Waals surface area contributed by atoms with Crippen molar-refractivity contribution in [2.45, 2.75) is 25.0 Å². The first-order valence-electron chi connectivity index (χ1n) is 9.08. The molecule has 1 aromatic heterocycles. The number of nitrogens with zero attached hydrogens (tertiary/aromatic N) is 4. The number of fused-ring (bicyclic) bond motifs is 1. The number of pyridine rings is 1. The van der Waals surface area contributed by atoms with Crippen LogP contribution in [0.2, 0.25) is 0 Å². The summed E-state index contributed by atoms with van der Waals surface area (Å²) in [7, 11) is 0. The standard InChI is InChI=1S/C18H26N4O2/c23-18(15-3-5-19-6-4-15)22-13-16-17(14-22)24-12-11-21(16)10-9-20-7-1-2-8-20/h3-6,16-17H,1-2,7-14H2/t16-,17+/m1/s1. The Morgan fingerprint density at radius 1 is 1.12 bits per heavy atom. The largest absolute Gasteiger partial charge is 0.373 e. The number of carbonyl (C=O) groups is 1. The van der Waals surface area contributed by atoms with E-state index in [9.17, 15) is 4.79 Å². The average molecular weight is 330 g/mol. The molecule has 3 aliphatic heterocycles. The summed E-state index contributed by atoms with van der Waals surface area (Å²) in [6.45, 7) is 7.93. The van der Waals surface area contributed by atoms with Crippen molar-refractivity contribution >= 4 is 5.91 Å². The lowest BCUT2D eigenvalue weighted by atomic mass is 10.1. The van der Waals surface area contributed by atoms with Gasteiger partial charge in [-0.3, -0.25) is 14.7 Å². The quantitative estimate of drug-likeness (QED) is 0.813. The number of hydrogen-bond donors (Lipinski definition) is 0. The van der Waals surface area contributed by atoms with Gasteiger partial charge in [0.15, 0.2) is 0 Å². The van der Waals surface area contributed by atoms with Gasteiger partial charge in [-0.05, 0) is 38.1 Å². The molecule has 1 amide bonds. The van der Waals surface area contributed by atoms with Gasteiger partial charge in [0.1, 0.15) is 0 Å². The van der Waals surface area contributed by atoms with Crippen molar-refractivity contribution in [3.63, 3.8) is 0 Å². The Kier molecular flexibility index (Phi) is 4.78. The van der Waals surface area contributed by atoms with E-state index in [1.54, 1.807) is 24.5 Å². The van der Waals surface area contributed by atoms with Crippen LogP contribution in [-0.2, 0) is 4.74 Å². The smallest absolute Gasteiger partial charge is 0.254 e. The number of morpholine rings is 1. The second kappa shape index (κ2) is 7.17. The van der Waals surface area contributed by atoms with Crippen LogP contribution in [0.4, 0.5) is 0 Å². The second-order valence-corrected chi connectivity index (χ2v) is 7.01. The third kappa shape index (κ3) is 3.31. The third-order valence-corrected chi connectivity index (χ3v) is 5.53. The Bertz CT molecular complexity index is 561. The number of carbonyl (C=O) groups excluding carboxylic acids is 1. The van der Waals surface area contributed by atoms with Gasteiger partial charge in [-0.2, -0.15) is 0 Å². The molecule has 4 rings (SSSR count). The van der Waals surface area contributed by atoms with E-state index >= 15 is 0 Å². The van der Waals surface area contributed by atoms with Crippen LogP contribution < -0.4 is 0 Å². The molecule has 0 aliphatic carbocycles. The van der Waals surface area contributed by atoms with Crippen molar-refractivity contribution in [1.82, 2.24) is 19.7 Å². The fourth-order valence-corrected chi connectivity index (χ4v) is 4.15. The minimum absolute atomic E-state index is 0.0925. The molecule has 0 spiro atoms. The van der Waals surface area contributed by atoms with Crippen molar-refractivity contribution in [2.24, 2.45) is 0 Å². The van der Waals surface area contributed by atoms with Crippen LogP contribution >= 0.6 is 0 Å². The molecule has 0 radical (unpaired) electrons. The van der Waals surface area contributed by atoms with Crippen LogP contribution in [0.3, 0.4) is 0 Å². The highest BCUT2D eigenvalue weighted by Gasteiger charge is 2.41. The molecule has 0 bridgehead atoms. The Balaban J connectivity index is 1.37. The van der Waals surface area contributed by atoms with Gasteiger partial charge in [-0.15, -0.1) is 0 Å². The lowest BCUT2D eigenvalue weighted by Crippen LogP contribution is -2.52. The molecule has 0 saturated carbocycles. The highest BCUT2D eigenvalue weighted by atomic mass is 16.5. The molecule has 3 aliphatic rings. The van der Waals surface area contributed by atoms with Crippen LogP contribution in [0, 0.1) is 0 Å². The summed E-state index contributed by atoms with van der Waals surface area (Å²) in [6, 6.07) is 3.92. The summed E-state index contributed by atoms with van der Waals surface area (Å²) >= 11 is 0. The van der Waals surface area contributed by atoms with Gasteiger partial charge in [-0.25, -0.2) is 0 Å². The Morgan fingerprint density at radius 3 is 2.71 bits per heavy atom. The molecule has 4 heterocycles. The lowest BCUT2D eigenvalue weighted by molar-refractivity contribution is -0.0487. The van der Waals surface area contributed by atoms with E-state index < -0.39 is 0 Å². The molecule has 2 atom stereocenters. The Morgan fingerprint density at radius 2 is 1.92 bits per heavy atom. The molecule has 6 heteroatoms. The molecule has 0 N–H and O–H groups in total. The van der Waals surface area contributed by atoms with Crippen molar-refractivity contribution < 1.29 is 9.53 Å². The maximum atomic E-state index is 12.7. The first-order chi connectivity index (χ1) is 11.8. The van der Waals surface area contributed by atoms with E-state index in [1.165, 1.54) is 25.9 Å². The second-order valence-electron chi connectivity index (χ2n) is 7.01. The molecule has 3 saturated heterocycles. The van der Waals surface area contributed by atoms with Gasteiger partial charge in [-0.1, -0.05) is 0 Å². The first-order valence-corrected chi connectivity index (χ1v) is 9.08. The molecule has 1 aromatic rings. The molecule has 3 fully saturated rings. The lowest BCUT2D eigenvalue weighted by Gasteiger charge is -2.37. The van der Waals surface area contributed by atoms with Crippen molar-refractivity contribution in [1.29, 1.82) is 0 Å². The fraction of sp³-hybridized carbons (Fsp3) is 0.667. The van der Waals surface area contributed by atoms with Crippen molar-refractivity contribution in [3.8, 4) is 0 Å². The van der Waals surface area contributed by atoms with Crippen molar-refractivity contribution in [3.05, 3.63) is 30.1 Å². The molecule has 0 unspecified atom stereocenters. The van der Waals surface area contributed by atoms with Gasteiger partial charge in [0, 0.05) is 50.7 Å². The van der Waals surface area contributed by atoms with Gasteiger partial charge >= 0.3 is 0 Å². The van der Waals surface area contributed by atoms with E-state index in [4.69, 9.17) is 4.74 Å². The summed E-state index contributed by atoms with van der Waals surface area (Å²) in [5.74, 6) is 0.0925. The van der Waals surface area contributed by atoms with Crippen LogP contribution in [0.5, 0.6) is 0 Å². The van der Waals surface area contributed by atoms with Crippen LogP contribution in [0.15, 0.2) is 24.5 Å². The van der Waals surface area contributed by atoms with Crippen LogP contribution in [0.1, 0.15) is 23.2 Å². The van der Waals surface area contributed by atoms with Gasteiger partial charge < -0.3 is 14.5 Å². The molecular formula is C18H26N4O2. The predicted octanol–water partition coefficient (Wildman–Crippen LogP) is 0.703. The minimum Gasteiger partial charge on any atom is -0.373 e. The van der Waals surface area contributed by atoms with Gasteiger partial charge in [0.2, 0.25) is 0 Å². The summed E-state index contributed by atoms with van der Waals surface area (Å²) in [6.07, 6.45) is 6.18. The van der Waals surface area contributed by atoms with E-state index in [1.807, 2.05) is 4.90 Å². The topological polar surface area (TPSA) is 48.9 Å². The maximum Gasteiger partial charge on any atom is 0.254 e. The number of rotatable bonds is 4. The zero-order valence-corrected chi connectivity index (χ0v) is 14.1. The molecule has 24 heavy (non-hydrogen) atoms. The normalized spacial score (nSPS) is 28.2. The van der Waals surface area contributed by atoms with E-state index in [0.29, 0.717) is 18.2 Å². The number of hydrogen-bond acceptors (Lipinski definition) is 5. The fourth-order valence-electron chi connectivity index (χ4n) is 4.15. The zero-order valence-electron chi connectivity index (χ0n) is 14.1. The summed E-state index contributed by atoms with van der Waals surface area (Å²) in [4.78, 5) is 23.7. The Hall–Kier alpha value is -1.50. The van der Waals surface area contributed by atoms with E-state index in [0.717, 1.165) is 32.8 Å². The highest BCUT2D eigenvalue weighted by Crippen LogP contribution is 2.24. The first kappa shape index (κ1) is 16.0. The average Bonchev–Trinajstić information content (AvgIpc) is 3.29. The number of aromatic nitrogens is 1. The molecule has 130 valence electrons. The number of likely N-dealkylation sites (tertiary alicyclic amines) is 2. The predicted molar refractivity (Wildman–Crippen MR) is 90.9 cm³/mol. The summed E-state index contributed by atoms with van der Waals surface area (Å²) in [5.41, 5.74) is 0.715. The summed E-state index contributed by atoms with van der Waals surface area (Å²) in [5, 5.41) is 0. The SMILES string of the molecule is O=C(c1ccncc1)N1C[C@@H]2OCCN(CCN3CCCC3)[C@@H]2C1. The number of ether oxygens (including phenoxy) is 1. The van der Waals surface area contributed by atoms with Gasteiger partial charge in [0.25, 0.3) is 5.91 Å². The van der Waals surface area contributed by atoms with E-state index in [-0.39, 0.29) is 12.0 Å². The molecule has 6 nitrogen and oxygen atoms in total. The van der Waals surface area contributed by atoms with Gasteiger partial charge in [0.05, 0.1) is 18.8 Å². The Labute approximate surface area is 143 Å². The van der Waals surface area contributed by atoms with E-state index in [2.05, 4.69) is 14.8 Å². The zero-order chi connectivity index (χ0) is 16.4.